The van der Waals surface area contributed by atoms with E-state index in [9.17, 15) is 19.2 Å². The topological polar surface area (TPSA) is 114 Å². The Balaban J connectivity index is 1.32. The van der Waals surface area contributed by atoms with Crippen molar-refractivity contribution in [1.29, 1.82) is 0 Å². The number of halogens is 1. The Hall–Kier alpha value is -5.22. The molecular weight excluding hydrogens is 626 g/mol. The first kappa shape index (κ1) is 30.2. The van der Waals surface area contributed by atoms with Crippen LogP contribution in [-0.2, 0) is 21.0 Å². The summed E-state index contributed by atoms with van der Waals surface area (Å²) in [5.41, 5.74) is 4.00. The largest absolute Gasteiger partial charge is 0.489 e. The minimum Gasteiger partial charge on any atom is -0.489 e. The fourth-order valence-corrected chi connectivity index (χ4v) is 4.91. The van der Waals surface area contributed by atoms with Crippen LogP contribution in [0.15, 0.2) is 101 Å². The fraction of sp³-hybridized carbons (Fsp3) is 0.118. The Kier molecular flexibility index (Phi) is 9.20. The minimum absolute atomic E-state index is 0.256. The smallest absolute Gasteiger partial charge is 0.335 e. The number of ether oxygens (including phenoxy) is 2. The zero-order chi connectivity index (χ0) is 31.2. The van der Waals surface area contributed by atoms with Gasteiger partial charge in [0.15, 0.2) is 6.61 Å². The number of carbonyl (C=O) groups is 4. The zero-order valence-corrected chi connectivity index (χ0v) is 25.5. The molecule has 0 bridgehead atoms. The molecular formula is C34H28BrN3O6. The molecule has 0 saturated carbocycles. The highest BCUT2D eigenvalue weighted by Crippen LogP contribution is 2.29. The molecule has 0 aliphatic carbocycles. The van der Waals surface area contributed by atoms with Crippen LogP contribution in [0.4, 0.5) is 16.2 Å². The third kappa shape index (κ3) is 7.22. The van der Waals surface area contributed by atoms with Gasteiger partial charge in [0, 0.05) is 15.7 Å². The van der Waals surface area contributed by atoms with Crippen LogP contribution in [0.3, 0.4) is 0 Å². The van der Waals surface area contributed by atoms with Crippen LogP contribution < -0.4 is 25.0 Å². The van der Waals surface area contributed by atoms with Gasteiger partial charge in [0.1, 0.15) is 23.7 Å². The van der Waals surface area contributed by atoms with Crippen molar-refractivity contribution in [1.82, 2.24) is 5.32 Å². The maximum absolute atomic E-state index is 13.5. The average molecular weight is 655 g/mol. The number of aryl methyl sites for hydroxylation is 2. The summed E-state index contributed by atoms with van der Waals surface area (Å²) in [5.74, 6) is -1.22. The standard InChI is InChI=1S/C34H28BrN3O6/c1-21-8-14-29(22(2)16-21)36-31(39)20-44-30-15-9-25(35)17-24(30)18-28-32(40)37-34(42)38(33(28)41)26-10-12-27(13-11-26)43-19-23-6-4-3-5-7-23/h3-18H,19-20H2,1-2H3,(H,36,39)(H,37,40,42)/b28-18-. The molecule has 9 nitrogen and oxygen atoms in total. The monoisotopic (exact) mass is 653 g/mol. The van der Waals surface area contributed by atoms with Crippen molar-refractivity contribution < 1.29 is 28.7 Å². The maximum atomic E-state index is 13.5. The molecule has 5 amide bonds. The molecule has 44 heavy (non-hydrogen) atoms. The summed E-state index contributed by atoms with van der Waals surface area (Å²) in [5, 5.41) is 5.04. The number of rotatable bonds is 9. The lowest BCUT2D eigenvalue weighted by Crippen LogP contribution is -2.54. The van der Waals surface area contributed by atoms with Crippen molar-refractivity contribution in [3.05, 3.63) is 123 Å². The van der Waals surface area contributed by atoms with E-state index in [2.05, 4.69) is 26.6 Å². The van der Waals surface area contributed by atoms with Gasteiger partial charge < -0.3 is 14.8 Å². The predicted molar refractivity (Wildman–Crippen MR) is 170 cm³/mol. The number of anilines is 2. The minimum atomic E-state index is -0.871. The zero-order valence-electron chi connectivity index (χ0n) is 23.9. The molecule has 0 spiro atoms. The first-order chi connectivity index (χ1) is 21.2. The summed E-state index contributed by atoms with van der Waals surface area (Å²) in [7, 11) is 0. The van der Waals surface area contributed by atoms with Gasteiger partial charge in [-0.05, 0) is 79.6 Å². The Morgan fingerprint density at radius 2 is 1.66 bits per heavy atom. The summed E-state index contributed by atoms with van der Waals surface area (Å²) >= 11 is 3.40. The first-order valence-electron chi connectivity index (χ1n) is 13.7. The fourth-order valence-electron chi connectivity index (χ4n) is 4.53. The number of imide groups is 2. The molecule has 1 aliphatic rings. The molecule has 222 valence electrons. The van der Waals surface area contributed by atoms with Crippen LogP contribution in [0.1, 0.15) is 22.3 Å². The van der Waals surface area contributed by atoms with E-state index < -0.39 is 17.8 Å². The Labute approximate surface area is 262 Å². The molecule has 1 fully saturated rings. The Morgan fingerprint density at radius 1 is 0.909 bits per heavy atom. The number of amides is 5. The van der Waals surface area contributed by atoms with Crippen LogP contribution in [0.5, 0.6) is 11.5 Å². The van der Waals surface area contributed by atoms with Crippen molar-refractivity contribution in [3.63, 3.8) is 0 Å². The molecule has 1 saturated heterocycles. The van der Waals surface area contributed by atoms with E-state index in [-0.39, 0.29) is 29.5 Å². The van der Waals surface area contributed by atoms with Gasteiger partial charge in [-0.1, -0.05) is 64.0 Å². The van der Waals surface area contributed by atoms with Gasteiger partial charge in [-0.2, -0.15) is 0 Å². The number of nitrogens with zero attached hydrogens (tertiary/aromatic N) is 1. The molecule has 1 heterocycles. The SMILES string of the molecule is Cc1ccc(NC(=O)COc2ccc(Br)cc2/C=C2/C(=O)NC(=O)N(c3ccc(OCc4ccccc4)cc3)C2=O)c(C)c1. The molecule has 0 atom stereocenters. The molecule has 5 rings (SSSR count). The number of carbonyl (C=O) groups excluding carboxylic acids is 4. The van der Waals surface area contributed by atoms with Crippen molar-refractivity contribution in [2.24, 2.45) is 0 Å². The van der Waals surface area contributed by atoms with Crippen LogP contribution in [0.2, 0.25) is 0 Å². The van der Waals surface area contributed by atoms with Crippen molar-refractivity contribution in [2.75, 3.05) is 16.8 Å². The highest BCUT2D eigenvalue weighted by molar-refractivity contribution is 9.10. The van der Waals surface area contributed by atoms with Crippen molar-refractivity contribution >= 4 is 57.1 Å². The number of hydrogen-bond acceptors (Lipinski definition) is 6. The Morgan fingerprint density at radius 3 is 2.39 bits per heavy atom. The van der Waals surface area contributed by atoms with Crippen LogP contribution in [0.25, 0.3) is 6.08 Å². The lowest BCUT2D eigenvalue weighted by Gasteiger charge is -2.26. The summed E-state index contributed by atoms with van der Waals surface area (Å²) in [6.45, 7) is 3.91. The van der Waals surface area contributed by atoms with Gasteiger partial charge >= 0.3 is 6.03 Å². The normalized spacial score (nSPS) is 13.9. The third-order valence-electron chi connectivity index (χ3n) is 6.73. The number of urea groups is 1. The van der Waals surface area contributed by atoms with Gasteiger partial charge in [-0.15, -0.1) is 0 Å². The van der Waals surface area contributed by atoms with E-state index in [1.165, 1.54) is 6.08 Å². The quantitative estimate of drug-likeness (QED) is 0.161. The van der Waals surface area contributed by atoms with E-state index in [4.69, 9.17) is 9.47 Å². The first-order valence-corrected chi connectivity index (χ1v) is 14.4. The molecule has 4 aromatic carbocycles. The average Bonchev–Trinajstić information content (AvgIpc) is 3.00. The predicted octanol–water partition coefficient (Wildman–Crippen LogP) is 6.33. The van der Waals surface area contributed by atoms with E-state index in [1.54, 1.807) is 42.5 Å². The molecule has 0 radical (unpaired) electrons. The van der Waals surface area contributed by atoms with Crippen LogP contribution in [-0.4, -0.2) is 30.4 Å². The van der Waals surface area contributed by atoms with E-state index in [1.807, 2.05) is 62.4 Å². The highest BCUT2D eigenvalue weighted by atomic mass is 79.9. The number of benzene rings is 4. The lowest BCUT2D eigenvalue weighted by molar-refractivity contribution is -0.122. The second-order valence-corrected chi connectivity index (χ2v) is 11.0. The number of barbiturate groups is 1. The molecule has 0 unspecified atom stereocenters. The summed E-state index contributed by atoms with van der Waals surface area (Å²) in [6.07, 6.45) is 1.33. The molecule has 1 aliphatic heterocycles. The second kappa shape index (κ2) is 13.4. The summed E-state index contributed by atoms with van der Waals surface area (Å²) < 4.78 is 12.2. The molecule has 4 aromatic rings. The van der Waals surface area contributed by atoms with Gasteiger partial charge in [0.2, 0.25) is 0 Å². The van der Waals surface area contributed by atoms with E-state index in [0.29, 0.717) is 28.1 Å². The summed E-state index contributed by atoms with van der Waals surface area (Å²) in [4.78, 5) is 52.6. The van der Waals surface area contributed by atoms with Crippen LogP contribution in [0, 0.1) is 13.8 Å². The van der Waals surface area contributed by atoms with Crippen molar-refractivity contribution in [3.8, 4) is 11.5 Å². The molecule has 2 N–H and O–H groups in total. The van der Waals surface area contributed by atoms with Crippen LogP contribution >= 0.6 is 15.9 Å². The van der Waals surface area contributed by atoms with Gasteiger partial charge in [0.25, 0.3) is 17.7 Å². The number of hydrogen-bond donors (Lipinski definition) is 2. The van der Waals surface area contributed by atoms with Gasteiger partial charge in [-0.25, -0.2) is 9.69 Å². The van der Waals surface area contributed by atoms with Gasteiger partial charge in [0.05, 0.1) is 5.69 Å². The van der Waals surface area contributed by atoms with Gasteiger partial charge in [-0.3, -0.25) is 19.7 Å². The Bertz CT molecular complexity index is 1770. The summed E-state index contributed by atoms with van der Waals surface area (Å²) in [6, 6.07) is 25.8. The van der Waals surface area contributed by atoms with E-state index >= 15 is 0 Å². The molecule has 0 aromatic heterocycles. The maximum Gasteiger partial charge on any atom is 0.335 e. The van der Waals surface area contributed by atoms with Crippen molar-refractivity contribution in [2.45, 2.75) is 20.5 Å². The van der Waals surface area contributed by atoms with E-state index in [0.717, 1.165) is 21.6 Å². The second-order valence-electron chi connectivity index (χ2n) is 10.1. The molecule has 10 heteroatoms. The lowest BCUT2D eigenvalue weighted by atomic mass is 10.1. The third-order valence-corrected chi connectivity index (χ3v) is 7.22. The highest BCUT2D eigenvalue weighted by Gasteiger charge is 2.37. The number of nitrogens with one attached hydrogen (secondary N) is 2.